The van der Waals surface area contributed by atoms with E-state index in [1.54, 1.807) is 0 Å². The Morgan fingerprint density at radius 1 is 0.321 bits per heavy atom. The van der Waals surface area contributed by atoms with Crippen LogP contribution in [-0.4, -0.2) is 33.6 Å². The highest BCUT2D eigenvalue weighted by molar-refractivity contribution is 6.14. The zero-order valence-corrected chi connectivity index (χ0v) is 42.6. The molecule has 1 aliphatic carbocycles. The second kappa shape index (κ2) is 18.8. The van der Waals surface area contributed by atoms with E-state index >= 15 is 0 Å². The summed E-state index contributed by atoms with van der Waals surface area (Å²) in [6, 6.07) is 80.3. The number of pyridine rings is 1. The third-order valence-corrected chi connectivity index (χ3v) is 15.4. The lowest BCUT2D eigenvalue weighted by Crippen LogP contribution is -2.00. The molecule has 0 fully saturated rings. The molecule has 14 aromatic rings. The van der Waals surface area contributed by atoms with E-state index in [-0.39, 0.29) is 0 Å². The molecule has 1 aliphatic rings. The van der Waals surface area contributed by atoms with E-state index in [9.17, 15) is 0 Å². The minimum absolute atomic E-state index is 0.618. The predicted molar refractivity (Wildman–Crippen MR) is 322 cm³/mol. The van der Waals surface area contributed by atoms with Gasteiger partial charge in [-0.2, -0.15) is 0 Å². The Kier molecular flexibility index (Phi) is 10.9. The molecule has 0 radical (unpaired) electrons. The zero-order valence-electron chi connectivity index (χ0n) is 42.6. The summed E-state index contributed by atoms with van der Waals surface area (Å²) in [5, 5.41) is 7.16. The van der Waals surface area contributed by atoms with Crippen molar-refractivity contribution in [1.29, 1.82) is 0 Å². The number of rotatable bonds is 8. The van der Waals surface area contributed by atoms with Gasteiger partial charge in [-0.05, 0) is 140 Å². The predicted octanol–water partition coefficient (Wildman–Crippen LogP) is 17.9. The molecule has 0 aliphatic heterocycles. The van der Waals surface area contributed by atoms with Crippen molar-refractivity contribution in [2.75, 3.05) is 0 Å². The van der Waals surface area contributed by atoms with Crippen LogP contribution >= 0.6 is 0 Å². The number of benzene rings is 9. The first-order chi connectivity index (χ1) is 38.7. The maximum atomic E-state index is 5.06. The Labute approximate surface area is 450 Å². The van der Waals surface area contributed by atoms with Crippen LogP contribution in [0.5, 0.6) is 0 Å². The second-order valence-electron chi connectivity index (χ2n) is 20.1. The molecule has 0 saturated carbocycles. The van der Waals surface area contributed by atoms with E-state index in [0.717, 1.165) is 97.1 Å². The van der Waals surface area contributed by atoms with Crippen molar-refractivity contribution in [3.8, 4) is 62.5 Å². The van der Waals surface area contributed by atoms with Gasteiger partial charge in [0, 0.05) is 77.8 Å². The summed E-state index contributed by atoms with van der Waals surface area (Å²) in [6.07, 6.45) is 16.4. The van der Waals surface area contributed by atoms with E-state index in [1.807, 2.05) is 79.0 Å². The number of hydrogen-bond acceptors (Lipinski definition) is 4. The third-order valence-electron chi connectivity index (χ3n) is 15.4. The molecular formula is C71H49N7. The lowest BCUT2D eigenvalue weighted by atomic mass is 10.0. The smallest absolute Gasteiger partial charge is 0.164 e. The minimum Gasteiger partial charge on any atom is -0.309 e. The molecule has 0 amide bonds. The molecule has 0 atom stereocenters. The Bertz CT molecular complexity index is 4670. The zero-order chi connectivity index (χ0) is 51.5. The average Bonchev–Trinajstić information content (AvgIpc) is 4.39. The molecule has 0 bridgehead atoms. The molecule has 368 valence electrons. The van der Waals surface area contributed by atoms with Crippen LogP contribution in [0.2, 0.25) is 0 Å². The monoisotopic (exact) mass is 999 g/mol. The van der Waals surface area contributed by atoms with Gasteiger partial charge in [-0.3, -0.25) is 4.98 Å². The number of hydrogen-bond donors (Lipinski definition) is 0. The van der Waals surface area contributed by atoms with Crippen LogP contribution in [0.1, 0.15) is 24.8 Å². The van der Waals surface area contributed by atoms with Crippen molar-refractivity contribution < 1.29 is 0 Å². The van der Waals surface area contributed by atoms with Crippen molar-refractivity contribution in [2.45, 2.75) is 19.3 Å². The number of fused-ring (bicyclic) bond motifs is 9. The van der Waals surface area contributed by atoms with Crippen molar-refractivity contribution in [1.82, 2.24) is 33.6 Å². The lowest BCUT2D eigenvalue weighted by molar-refractivity contribution is 0.870. The number of para-hydroxylation sites is 2. The van der Waals surface area contributed by atoms with Crippen molar-refractivity contribution in [2.24, 2.45) is 0 Å². The molecule has 5 aromatic heterocycles. The quantitative estimate of drug-likeness (QED) is 0.152. The van der Waals surface area contributed by atoms with Gasteiger partial charge in [-0.25, -0.2) is 15.0 Å². The maximum Gasteiger partial charge on any atom is 0.164 e. The van der Waals surface area contributed by atoms with Gasteiger partial charge >= 0.3 is 0 Å². The summed E-state index contributed by atoms with van der Waals surface area (Å²) in [7, 11) is 0. The summed E-state index contributed by atoms with van der Waals surface area (Å²) < 4.78 is 7.26. The number of aromatic nitrogens is 7. The molecule has 0 spiro atoms. The Balaban J connectivity index is 0.920. The van der Waals surface area contributed by atoms with Crippen LogP contribution in [0.25, 0.3) is 133 Å². The first-order valence-corrected chi connectivity index (χ1v) is 26.8. The molecule has 78 heavy (non-hydrogen) atoms. The van der Waals surface area contributed by atoms with E-state index in [1.165, 1.54) is 43.7 Å². The van der Waals surface area contributed by atoms with Gasteiger partial charge in [0.25, 0.3) is 0 Å². The van der Waals surface area contributed by atoms with E-state index in [0.29, 0.717) is 17.5 Å². The lowest BCUT2D eigenvalue weighted by Gasteiger charge is -2.12. The molecule has 0 N–H and O–H groups in total. The van der Waals surface area contributed by atoms with Crippen LogP contribution in [0, 0.1) is 0 Å². The summed E-state index contributed by atoms with van der Waals surface area (Å²) in [5.41, 5.74) is 17.4. The van der Waals surface area contributed by atoms with Crippen molar-refractivity contribution in [3.63, 3.8) is 0 Å². The molecule has 5 heterocycles. The van der Waals surface area contributed by atoms with Crippen LogP contribution in [-0.2, 0) is 0 Å². The molecular weight excluding hydrogens is 951 g/mol. The molecule has 7 heteroatoms. The Morgan fingerprint density at radius 2 is 0.769 bits per heavy atom. The van der Waals surface area contributed by atoms with Crippen LogP contribution in [0.4, 0.5) is 0 Å². The molecule has 9 aromatic carbocycles. The topological polar surface area (TPSA) is 66.3 Å². The first kappa shape index (κ1) is 45.2. The largest absolute Gasteiger partial charge is 0.309 e. The third kappa shape index (κ3) is 7.74. The maximum absolute atomic E-state index is 5.06. The summed E-state index contributed by atoms with van der Waals surface area (Å²) >= 11 is 0. The Hall–Kier alpha value is -10.2. The van der Waals surface area contributed by atoms with Crippen molar-refractivity contribution in [3.05, 3.63) is 267 Å². The summed E-state index contributed by atoms with van der Waals surface area (Å²) in [4.78, 5) is 19.8. The second-order valence-corrected chi connectivity index (χ2v) is 20.1. The fraction of sp³-hybridized carbons (Fsp3) is 0.0423. The normalized spacial score (nSPS) is 14.4. The summed E-state index contributed by atoms with van der Waals surface area (Å²) in [5.74, 6) is 1.89. The van der Waals surface area contributed by atoms with Gasteiger partial charge < -0.3 is 13.7 Å². The van der Waals surface area contributed by atoms with E-state index in [2.05, 4.69) is 196 Å². The van der Waals surface area contributed by atoms with Crippen LogP contribution in [0.3, 0.4) is 0 Å². The highest BCUT2D eigenvalue weighted by Gasteiger charge is 2.21. The summed E-state index contributed by atoms with van der Waals surface area (Å²) in [6.45, 7) is 0. The molecule has 0 unspecified atom stereocenters. The van der Waals surface area contributed by atoms with Gasteiger partial charge in [0.2, 0.25) is 0 Å². The molecule has 15 rings (SSSR count). The van der Waals surface area contributed by atoms with Gasteiger partial charge in [0.1, 0.15) is 0 Å². The fourth-order valence-electron chi connectivity index (χ4n) is 11.7. The van der Waals surface area contributed by atoms with Crippen LogP contribution < -0.4 is 0 Å². The fourth-order valence-corrected chi connectivity index (χ4v) is 11.7. The van der Waals surface area contributed by atoms with Gasteiger partial charge in [0.15, 0.2) is 17.5 Å². The molecule has 7 nitrogen and oxygen atoms in total. The van der Waals surface area contributed by atoms with Crippen molar-refractivity contribution >= 4 is 71.0 Å². The Morgan fingerprint density at radius 3 is 1.35 bits per heavy atom. The van der Waals surface area contributed by atoms with Gasteiger partial charge in [-0.15, -0.1) is 0 Å². The highest BCUT2D eigenvalue weighted by atomic mass is 15.0. The number of nitrogens with zero attached hydrogens (tertiary/aromatic N) is 7. The standard InChI is InChI=1S/C71H49N7/c1-2-4-8-20-47(19-7-3-1)51-32-38-65-58(43-51)56-25-13-15-28-63(56)77(65)54-36-40-67-60(45-54)61-46-55(78-64-29-16-14-26-57(64)59-44-52(33-39-66(59)78)62-27-17-18-42-72-62)37-41-68(61)76(67)53-34-30-50(31-35-53)71-74-69(48-21-9-5-10-22-48)73-70(75-71)49-23-11-6-12-24-49/h1,3,5-7,9-46H,2,4,8H2/b3-1-,19-7-,47-20+. The minimum atomic E-state index is 0.618. The number of allylic oxidation sites excluding steroid dienone is 6. The SMILES string of the molecule is C1=C/CCC\C=C(c2ccc3c(c2)c2ccccc2n3-c2ccc3c(c2)c2cc(-n4c5ccccc5c5cc(-c6ccccn6)ccc54)ccc2n3-c2ccc(-c3nc(-c4ccccc4)nc(-c4ccccc4)n3)cc2)/C=C\1. The van der Waals surface area contributed by atoms with Gasteiger partial charge in [-0.1, -0.05) is 146 Å². The highest BCUT2D eigenvalue weighted by Crippen LogP contribution is 2.41. The average molecular weight is 1000 g/mol. The van der Waals surface area contributed by atoms with Gasteiger partial charge in [0.05, 0.1) is 38.8 Å². The van der Waals surface area contributed by atoms with E-state index < -0.39 is 0 Å². The molecule has 0 saturated heterocycles. The van der Waals surface area contributed by atoms with Crippen LogP contribution in [0.15, 0.2) is 261 Å². The first-order valence-electron chi connectivity index (χ1n) is 26.8. The van der Waals surface area contributed by atoms with E-state index in [4.69, 9.17) is 19.9 Å².